The second-order valence-electron chi connectivity index (χ2n) is 6.70. The number of hydrogen-bond acceptors (Lipinski definition) is 4. The normalized spacial score (nSPS) is 14.9. The molecule has 1 saturated heterocycles. The lowest BCUT2D eigenvalue weighted by atomic mass is 9.93. The first kappa shape index (κ1) is 25.3. The van der Waals surface area contributed by atoms with Crippen LogP contribution in [-0.2, 0) is 14.4 Å². The van der Waals surface area contributed by atoms with Crippen LogP contribution in [0.2, 0.25) is 0 Å². The molecule has 2 rings (SSSR count). The number of hydrogen-bond donors (Lipinski definition) is 2. The molecule has 0 saturated carbocycles. The summed E-state index contributed by atoms with van der Waals surface area (Å²) in [6.07, 6.45) is 4.04. The molecule has 0 radical (unpaired) electrons. The van der Waals surface area contributed by atoms with Gasteiger partial charge in [0.2, 0.25) is 5.91 Å². The van der Waals surface area contributed by atoms with E-state index < -0.39 is 11.9 Å². The Morgan fingerprint density at radius 1 is 1.10 bits per heavy atom. The average molecular weight is 534 g/mol. The van der Waals surface area contributed by atoms with E-state index in [0.29, 0.717) is 31.0 Å². The molecule has 1 heterocycles. The van der Waals surface area contributed by atoms with Crippen LogP contribution in [0.25, 0.3) is 0 Å². The zero-order valence-electron chi connectivity index (χ0n) is 16.5. The van der Waals surface area contributed by atoms with E-state index in [4.69, 9.17) is 10.2 Å². The van der Waals surface area contributed by atoms with Crippen molar-refractivity contribution in [3.8, 4) is 0 Å². The summed E-state index contributed by atoms with van der Waals surface area (Å²) < 4.78 is 1.98. The molecule has 0 spiro atoms. The third-order valence-corrected chi connectivity index (χ3v) is 6.38. The number of benzene rings is 1. The Labute approximate surface area is 187 Å². The number of carbonyl (C=O) groups excluding carboxylic acids is 1. The van der Waals surface area contributed by atoms with Crippen molar-refractivity contribution in [1.29, 1.82) is 0 Å². The molecule has 160 valence electrons. The van der Waals surface area contributed by atoms with Crippen LogP contribution in [0.4, 0.5) is 5.69 Å². The number of amides is 1. The zero-order chi connectivity index (χ0) is 22.0. The van der Waals surface area contributed by atoms with Crippen molar-refractivity contribution >= 4 is 55.4 Å². The number of likely N-dealkylation sites (tertiary alicyclic amines) is 1. The highest BCUT2D eigenvalue weighted by atomic mass is 79.9. The molecule has 0 atom stereocenters. The molecule has 0 bridgehead atoms. The van der Waals surface area contributed by atoms with E-state index in [1.54, 1.807) is 0 Å². The van der Waals surface area contributed by atoms with Gasteiger partial charge in [0.15, 0.2) is 0 Å². The fraction of sp³-hybridized carbons (Fsp3) is 0.450. The SMILES string of the molecule is CCN(C(=O)CC1CCN(C)CC1)c1ccc(Br)c(Br)c1.O=C(O)/C=C/C(=O)O. The monoisotopic (exact) mass is 532 g/mol. The molecular formula is C20H26Br2N2O5. The minimum atomic E-state index is -1.26. The standard InChI is InChI=1S/C16H22Br2N2O.C4H4O4/c1-3-20(13-4-5-14(17)15(18)11-13)16(21)10-12-6-8-19(2)9-7-12;5-3(6)1-2-4(7)8/h4-5,11-12H,3,6-10H2,1-2H3;1-2H,(H,5,6)(H,7,8)/b;2-1+. The molecule has 1 aromatic rings. The number of halogens is 2. The van der Waals surface area contributed by atoms with Crippen molar-refractivity contribution in [2.75, 3.05) is 31.6 Å². The van der Waals surface area contributed by atoms with Gasteiger partial charge in [-0.3, -0.25) is 4.79 Å². The minimum absolute atomic E-state index is 0.237. The molecule has 29 heavy (non-hydrogen) atoms. The van der Waals surface area contributed by atoms with E-state index in [1.807, 2.05) is 30.0 Å². The molecular weight excluding hydrogens is 508 g/mol. The Kier molecular flexibility index (Phi) is 11.2. The predicted molar refractivity (Wildman–Crippen MR) is 119 cm³/mol. The lowest BCUT2D eigenvalue weighted by Crippen LogP contribution is -2.36. The Morgan fingerprint density at radius 2 is 1.66 bits per heavy atom. The van der Waals surface area contributed by atoms with E-state index in [0.717, 1.165) is 40.6 Å². The van der Waals surface area contributed by atoms with Crippen LogP contribution < -0.4 is 4.90 Å². The lowest BCUT2D eigenvalue weighted by molar-refractivity contribution is -0.134. The van der Waals surface area contributed by atoms with Gasteiger partial charge in [-0.1, -0.05) is 0 Å². The molecule has 1 amide bonds. The number of piperidine rings is 1. The highest BCUT2D eigenvalue weighted by Gasteiger charge is 2.23. The molecule has 0 aromatic heterocycles. The third-order valence-electron chi connectivity index (χ3n) is 4.50. The van der Waals surface area contributed by atoms with Crippen LogP contribution in [0.3, 0.4) is 0 Å². The van der Waals surface area contributed by atoms with Crippen LogP contribution >= 0.6 is 31.9 Å². The van der Waals surface area contributed by atoms with Gasteiger partial charge in [0.25, 0.3) is 0 Å². The zero-order valence-corrected chi connectivity index (χ0v) is 19.6. The number of aliphatic carboxylic acids is 2. The number of carboxylic acid groups (broad SMARTS) is 2. The second-order valence-corrected chi connectivity index (χ2v) is 8.41. The van der Waals surface area contributed by atoms with Gasteiger partial charge < -0.3 is 20.0 Å². The van der Waals surface area contributed by atoms with Crippen molar-refractivity contribution < 1.29 is 24.6 Å². The third kappa shape index (κ3) is 9.56. The van der Waals surface area contributed by atoms with Crippen LogP contribution in [0.15, 0.2) is 39.3 Å². The van der Waals surface area contributed by atoms with Gasteiger partial charge in [-0.25, -0.2) is 9.59 Å². The van der Waals surface area contributed by atoms with Crippen molar-refractivity contribution in [3.05, 3.63) is 39.3 Å². The van der Waals surface area contributed by atoms with Gasteiger partial charge in [-0.15, -0.1) is 0 Å². The first-order valence-electron chi connectivity index (χ1n) is 9.21. The van der Waals surface area contributed by atoms with Crippen molar-refractivity contribution in [3.63, 3.8) is 0 Å². The Balaban J connectivity index is 0.000000447. The summed E-state index contributed by atoms with van der Waals surface area (Å²) in [5.41, 5.74) is 0.963. The maximum atomic E-state index is 12.6. The highest BCUT2D eigenvalue weighted by Crippen LogP contribution is 2.29. The molecule has 7 nitrogen and oxygen atoms in total. The molecule has 9 heteroatoms. The van der Waals surface area contributed by atoms with Gasteiger partial charge >= 0.3 is 11.9 Å². The summed E-state index contributed by atoms with van der Waals surface area (Å²) in [6, 6.07) is 5.97. The predicted octanol–water partition coefficient (Wildman–Crippen LogP) is 4.01. The van der Waals surface area contributed by atoms with Crippen molar-refractivity contribution in [2.45, 2.75) is 26.2 Å². The number of carbonyl (C=O) groups is 3. The van der Waals surface area contributed by atoms with Crippen LogP contribution in [0.5, 0.6) is 0 Å². The number of anilines is 1. The quantitative estimate of drug-likeness (QED) is 0.536. The summed E-state index contributed by atoms with van der Waals surface area (Å²) in [5, 5.41) is 15.6. The van der Waals surface area contributed by atoms with Gasteiger partial charge in [0.05, 0.1) is 0 Å². The van der Waals surface area contributed by atoms with Crippen LogP contribution in [0.1, 0.15) is 26.2 Å². The molecule has 0 aliphatic carbocycles. The topological polar surface area (TPSA) is 98.2 Å². The van der Waals surface area contributed by atoms with Crippen molar-refractivity contribution in [2.24, 2.45) is 5.92 Å². The average Bonchev–Trinajstić information content (AvgIpc) is 2.66. The van der Waals surface area contributed by atoms with Crippen LogP contribution in [0, 0.1) is 5.92 Å². The fourth-order valence-electron chi connectivity index (χ4n) is 2.92. The summed E-state index contributed by atoms with van der Waals surface area (Å²) in [7, 11) is 2.15. The molecule has 1 fully saturated rings. The largest absolute Gasteiger partial charge is 0.478 e. The van der Waals surface area contributed by atoms with E-state index >= 15 is 0 Å². The van der Waals surface area contributed by atoms with E-state index in [1.165, 1.54) is 0 Å². The Bertz CT molecular complexity index is 730. The van der Waals surface area contributed by atoms with Gasteiger partial charge in [0, 0.05) is 39.8 Å². The van der Waals surface area contributed by atoms with Gasteiger partial charge in [0.1, 0.15) is 0 Å². The maximum Gasteiger partial charge on any atom is 0.328 e. The number of rotatable bonds is 6. The Hall–Kier alpha value is -1.71. The highest BCUT2D eigenvalue weighted by molar-refractivity contribution is 9.13. The van der Waals surface area contributed by atoms with Crippen molar-refractivity contribution in [1.82, 2.24) is 4.90 Å². The van der Waals surface area contributed by atoms with Crippen LogP contribution in [-0.4, -0.2) is 59.6 Å². The second kappa shape index (κ2) is 12.8. The maximum absolute atomic E-state index is 12.6. The van der Waals surface area contributed by atoms with E-state index in [2.05, 4.69) is 43.8 Å². The molecule has 2 N–H and O–H groups in total. The minimum Gasteiger partial charge on any atom is -0.478 e. The smallest absolute Gasteiger partial charge is 0.328 e. The fourth-order valence-corrected chi connectivity index (χ4v) is 3.54. The molecule has 0 unspecified atom stereocenters. The summed E-state index contributed by atoms with van der Waals surface area (Å²) in [5.74, 6) is -1.75. The lowest BCUT2D eigenvalue weighted by Gasteiger charge is -2.30. The summed E-state index contributed by atoms with van der Waals surface area (Å²) >= 11 is 6.98. The molecule has 1 aromatic carbocycles. The summed E-state index contributed by atoms with van der Waals surface area (Å²) in [6.45, 7) is 4.95. The van der Waals surface area contributed by atoms with E-state index in [-0.39, 0.29) is 5.91 Å². The summed E-state index contributed by atoms with van der Waals surface area (Å²) in [4.78, 5) is 35.9. The first-order chi connectivity index (χ1) is 13.6. The number of carboxylic acids is 2. The van der Waals surface area contributed by atoms with Gasteiger partial charge in [-0.2, -0.15) is 0 Å². The first-order valence-corrected chi connectivity index (χ1v) is 10.8. The molecule has 1 aliphatic rings. The van der Waals surface area contributed by atoms with Gasteiger partial charge in [-0.05, 0) is 95.9 Å². The Morgan fingerprint density at radius 3 is 2.10 bits per heavy atom. The number of nitrogens with zero attached hydrogens (tertiary/aromatic N) is 2. The molecule has 1 aliphatic heterocycles. The van der Waals surface area contributed by atoms with E-state index in [9.17, 15) is 14.4 Å².